The minimum atomic E-state index is -0.277. The Morgan fingerprint density at radius 2 is 0.647 bits per heavy atom. The molecule has 34 heavy (non-hydrogen) atoms. The Morgan fingerprint density at radius 3 is 0.941 bits per heavy atom. The molecular weight excluding hydrogens is 565 g/mol. The second kappa shape index (κ2) is 24.3. The molecule has 4 nitrogen and oxygen atoms in total. The molecule has 0 aliphatic heterocycles. The standard InChI is InChI=1S/C23H48O4S7/c1-19(24)11-28-5-8-31-15-23(18-34-14-22(4)27,16-32-9-6-29-12-20(2)25)17-33-10-7-30-13-21(3)26/h19-22,24-27H,5-18H2,1-4H3. The van der Waals surface area contributed by atoms with Gasteiger partial charge in [-0.2, -0.15) is 82.3 Å². The summed E-state index contributed by atoms with van der Waals surface area (Å²) >= 11 is 13.5. The Bertz CT molecular complexity index is 393. The number of rotatable bonds is 25. The molecule has 0 aliphatic rings. The lowest BCUT2D eigenvalue weighted by molar-refractivity contribution is 0.220. The van der Waals surface area contributed by atoms with Crippen LogP contribution in [0.4, 0.5) is 0 Å². The molecule has 0 saturated carbocycles. The van der Waals surface area contributed by atoms with Crippen molar-refractivity contribution in [3.8, 4) is 0 Å². The molecule has 0 aliphatic carbocycles. The van der Waals surface area contributed by atoms with E-state index in [-0.39, 0.29) is 29.8 Å². The van der Waals surface area contributed by atoms with Crippen molar-refractivity contribution in [3.05, 3.63) is 0 Å². The van der Waals surface area contributed by atoms with Crippen LogP contribution in [0.2, 0.25) is 0 Å². The van der Waals surface area contributed by atoms with Gasteiger partial charge in [0.15, 0.2) is 0 Å². The molecule has 0 spiro atoms. The molecule has 0 fully saturated rings. The lowest BCUT2D eigenvalue weighted by atomic mass is 9.99. The fourth-order valence-corrected chi connectivity index (χ4v) is 11.7. The van der Waals surface area contributed by atoms with E-state index in [2.05, 4.69) is 0 Å². The van der Waals surface area contributed by atoms with Gasteiger partial charge in [-0.3, -0.25) is 0 Å². The summed E-state index contributed by atoms with van der Waals surface area (Å²) < 4.78 is 0. The molecule has 11 heteroatoms. The number of aliphatic hydroxyl groups is 4. The van der Waals surface area contributed by atoms with E-state index in [0.717, 1.165) is 80.5 Å². The maximum atomic E-state index is 9.80. The predicted molar refractivity (Wildman–Crippen MR) is 170 cm³/mol. The number of thioether (sulfide) groups is 7. The van der Waals surface area contributed by atoms with Crippen molar-refractivity contribution >= 4 is 82.3 Å². The van der Waals surface area contributed by atoms with Crippen LogP contribution in [-0.4, -0.2) is 125 Å². The Balaban J connectivity index is 4.81. The van der Waals surface area contributed by atoms with Crippen molar-refractivity contribution in [1.82, 2.24) is 0 Å². The third kappa shape index (κ3) is 24.6. The van der Waals surface area contributed by atoms with E-state index >= 15 is 0 Å². The van der Waals surface area contributed by atoms with E-state index in [9.17, 15) is 20.4 Å². The highest BCUT2D eigenvalue weighted by molar-refractivity contribution is 8.04. The molecule has 0 aromatic heterocycles. The first-order chi connectivity index (χ1) is 16.2. The molecular formula is C23H48O4S7. The highest BCUT2D eigenvalue weighted by atomic mass is 32.2. The highest BCUT2D eigenvalue weighted by Crippen LogP contribution is 2.36. The average molecular weight is 613 g/mol. The number of hydrogen-bond acceptors (Lipinski definition) is 11. The van der Waals surface area contributed by atoms with Crippen LogP contribution in [0.3, 0.4) is 0 Å². The van der Waals surface area contributed by atoms with E-state index < -0.39 is 0 Å². The molecule has 206 valence electrons. The van der Waals surface area contributed by atoms with Crippen LogP contribution < -0.4 is 0 Å². The van der Waals surface area contributed by atoms with Gasteiger partial charge in [0.2, 0.25) is 0 Å². The van der Waals surface area contributed by atoms with Crippen LogP contribution in [0.25, 0.3) is 0 Å². The molecule has 4 atom stereocenters. The summed E-state index contributed by atoms with van der Waals surface area (Å²) in [6.07, 6.45) is -0.993. The zero-order valence-electron chi connectivity index (χ0n) is 21.4. The summed E-state index contributed by atoms with van der Waals surface area (Å²) in [6, 6.07) is 0. The molecule has 4 N–H and O–H groups in total. The van der Waals surface area contributed by atoms with Crippen LogP contribution in [0, 0.1) is 5.41 Å². The fraction of sp³-hybridized carbons (Fsp3) is 1.00. The summed E-state index contributed by atoms with van der Waals surface area (Å²) in [7, 11) is 0. The fourth-order valence-electron chi connectivity index (χ4n) is 2.68. The molecule has 0 aromatic carbocycles. The van der Waals surface area contributed by atoms with Gasteiger partial charge in [-0.05, 0) is 27.7 Å². The Hall–Kier alpha value is 2.29. The van der Waals surface area contributed by atoms with Gasteiger partial charge in [-0.15, -0.1) is 0 Å². The van der Waals surface area contributed by atoms with E-state index in [0.29, 0.717) is 0 Å². The highest BCUT2D eigenvalue weighted by Gasteiger charge is 2.30. The lowest BCUT2D eigenvalue weighted by Gasteiger charge is -2.33. The zero-order valence-corrected chi connectivity index (χ0v) is 27.1. The molecule has 0 amide bonds. The van der Waals surface area contributed by atoms with Gasteiger partial charge in [0.1, 0.15) is 0 Å². The minimum Gasteiger partial charge on any atom is -0.393 e. The summed E-state index contributed by atoms with van der Waals surface area (Å²) in [6.45, 7) is 7.40. The average Bonchev–Trinajstić information content (AvgIpc) is 2.74. The van der Waals surface area contributed by atoms with E-state index in [1.54, 1.807) is 0 Å². The molecule has 0 aromatic rings. The predicted octanol–water partition coefficient (Wildman–Crippen LogP) is 4.63. The minimum absolute atomic E-state index is 0.221. The van der Waals surface area contributed by atoms with Crippen LogP contribution in [-0.2, 0) is 0 Å². The molecule has 0 radical (unpaired) electrons. The third-order valence-corrected chi connectivity index (χ3v) is 14.1. The van der Waals surface area contributed by atoms with Crippen molar-refractivity contribution < 1.29 is 20.4 Å². The normalized spacial score (nSPS) is 17.3. The van der Waals surface area contributed by atoms with Gasteiger partial charge in [-0.1, -0.05) is 0 Å². The molecule has 0 bridgehead atoms. The SMILES string of the molecule is CC(O)CSCCSCC(CSCCSCC(C)O)(CSCCSCC(C)O)CSCC(C)O. The van der Waals surface area contributed by atoms with Gasteiger partial charge in [0.25, 0.3) is 0 Å². The second-order valence-corrected chi connectivity index (χ2v) is 16.6. The van der Waals surface area contributed by atoms with E-state index in [1.165, 1.54) is 0 Å². The van der Waals surface area contributed by atoms with Gasteiger partial charge in [-0.25, -0.2) is 0 Å². The smallest absolute Gasteiger partial charge is 0.0602 e. The zero-order chi connectivity index (χ0) is 25.7. The number of hydrogen-bond donors (Lipinski definition) is 4. The Morgan fingerprint density at radius 1 is 0.412 bits per heavy atom. The molecule has 4 unspecified atom stereocenters. The second-order valence-electron chi connectivity index (χ2n) is 8.79. The van der Waals surface area contributed by atoms with Gasteiger partial charge < -0.3 is 20.4 Å². The summed E-state index contributed by atoms with van der Waals surface area (Å²) in [5, 5.41) is 38.2. The monoisotopic (exact) mass is 612 g/mol. The van der Waals surface area contributed by atoms with Gasteiger partial charge in [0.05, 0.1) is 24.4 Å². The number of aliphatic hydroxyl groups excluding tert-OH is 4. The Labute approximate surface area is 239 Å². The van der Waals surface area contributed by atoms with Crippen molar-refractivity contribution in [2.24, 2.45) is 5.41 Å². The topological polar surface area (TPSA) is 80.9 Å². The molecule has 0 saturated heterocycles. The van der Waals surface area contributed by atoms with Crippen LogP contribution in [0.15, 0.2) is 0 Å². The van der Waals surface area contributed by atoms with E-state index in [4.69, 9.17) is 0 Å². The molecule has 0 heterocycles. The van der Waals surface area contributed by atoms with Crippen LogP contribution in [0.5, 0.6) is 0 Å². The third-order valence-electron chi connectivity index (χ3n) is 4.19. The van der Waals surface area contributed by atoms with Crippen molar-refractivity contribution in [2.45, 2.75) is 52.1 Å². The van der Waals surface area contributed by atoms with Gasteiger partial charge in [0, 0.05) is 86.0 Å². The maximum absolute atomic E-state index is 9.80. The summed E-state index contributed by atoms with van der Waals surface area (Å²) in [5.74, 6) is 14.1. The largest absolute Gasteiger partial charge is 0.393 e. The quantitative estimate of drug-likeness (QED) is 0.109. The summed E-state index contributed by atoms with van der Waals surface area (Å²) in [4.78, 5) is 0. The van der Waals surface area contributed by atoms with Crippen molar-refractivity contribution in [3.63, 3.8) is 0 Å². The lowest BCUT2D eigenvalue weighted by Crippen LogP contribution is -2.34. The van der Waals surface area contributed by atoms with Crippen molar-refractivity contribution in [2.75, 3.05) is 80.5 Å². The van der Waals surface area contributed by atoms with Crippen LogP contribution >= 0.6 is 82.3 Å². The Kier molecular flexibility index (Phi) is 26.0. The van der Waals surface area contributed by atoms with E-state index in [1.807, 2.05) is 110 Å². The van der Waals surface area contributed by atoms with Crippen molar-refractivity contribution in [1.29, 1.82) is 0 Å². The first-order valence-corrected chi connectivity index (χ1v) is 20.0. The maximum Gasteiger partial charge on any atom is 0.0602 e. The first kappa shape index (κ1) is 36.3. The van der Waals surface area contributed by atoms with Crippen LogP contribution in [0.1, 0.15) is 27.7 Å². The summed E-state index contributed by atoms with van der Waals surface area (Å²) in [5.41, 5.74) is 0.221. The molecule has 0 rings (SSSR count). The van der Waals surface area contributed by atoms with Gasteiger partial charge >= 0.3 is 0 Å². The first-order valence-electron chi connectivity index (χ1n) is 11.9.